The Labute approximate surface area is 134 Å². The van der Waals surface area contributed by atoms with Crippen LogP contribution in [0.3, 0.4) is 0 Å². The molecule has 122 valence electrons. The van der Waals surface area contributed by atoms with Gasteiger partial charge in [0.2, 0.25) is 0 Å². The molecule has 0 spiro atoms. The van der Waals surface area contributed by atoms with Gasteiger partial charge in [-0.05, 0) is 24.5 Å². The molecule has 2 rings (SSSR count). The zero-order chi connectivity index (χ0) is 16.1. The van der Waals surface area contributed by atoms with Gasteiger partial charge in [-0.3, -0.25) is 4.21 Å². The van der Waals surface area contributed by atoms with Gasteiger partial charge in [0.15, 0.2) is 0 Å². The van der Waals surface area contributed by atoms with Gasteiger partial charge in [0.05, 0.1) is 7.11 Å². The molecule has 1 heterocycles. The van der Waals surface area contributed by atoms with Gasteiger partial charge < -0.3 is 15.0 Å². The molecule has 22 heavy (non-hydrogen) atoms. The van der Waals surface area contributed by atoms with Crippen molar-refractivity contribution in [3.63, 3.8) is 0 Å². The molecule has 2 unspecified atom stereocenters. The summed E-state index contributed by atoms with van der Waals surface area (Å²) >= 11 is 0. The third-order valence-electron chi connectivity index (χ3n) is 4.12. The molecule has 1 N–H and O–H groups in total. The summed E-state index contributed by atoms with van der Waals surface area (Å²) in [5.41, 5.74) is 2.34. The Kier molecular flexibility index (Phi) is 5.83. The van der Waals surface area contributed by atoms with E-state index in [1.165, 1.54) is 5.56 Å². The van der Waals surface area contributed by atoms with Gasteiger partial charge in [0.1, 0.15) is 5.75 Å². The Morgan fingerprint density at radius 1 is 1.50 bits per heavy atom. The van der Waals surface area contributed by atoms with Crippen LogP contribution in [0.2, 0.25) is 0 Å². The summed E-state index contributed by atoms with van der Waals surface area (Å²) in [5, 5.41) is 3.02. The molecule has 0 aromatic heterocycles. The zero-order valence-electron chi connectivity index (χ0n) is 13.4. The second-order valence-electron chi connectivity index (χ2n) is 5.60. The summed E-state index contributed by atoms with van der Waals surface area (Å²) in [6.07, 6.45) is 3.23. The Bertz CT molecular complexity index is 562. The number of carbonyl (C=O) groups excluding carboxylic acids is 1. The van der Waals surface area contributed by atoms with E-state index < -0.39 is 10.8 Å². The van der Waals surface area contributed by atoms with E-state index in [-0.39, 0.29) is 11.3 Å². The van der Waals surface area contributed by atoms with Crippen LogP contribution in [0.5, 0.6) is 5.75 Å². The number of rotatable bonds is 5. The van der Waals surface area contributed by atoms with Crippen molar-refractivity contribution < 1.29 is 13.7 Å². The van der Waals surface area contributed by atoms with Crippen molar-refractivity contribution in [1.82, 2.24) is 10.2 Å². The average molecular weight is 324 g/mol. The number of amides is 2. The molecule has 1 aromatic carbocycles. The fourth-order valence-corrected chi connectivity index (χ4v) is 3.05. The summed E-state index contributed by atoms with van der Waals surface area (Å²) in [6.45, 7) is 3.79. The number of carbonyl (C=O) groups is 1. The van der Waals surface area contributed by atoms with E-state index >= 15 is 0 Å². The Balaban J connectivity index is 1.89. The highest BCUT2D eigenvalue weighted by atomic mass is 32.2. The first-order valence-corrected chi connectivity index (χ1v) is 9.14. The Morgan fingerprint density at radius 2 is 2.27 bits per heavy atom. The first kappa shape index (κ1) is 16.8. The maximum Gasteiger partial charge on any atom is 0.317 e. The molecule has 0 saturated heterocycles. The number of ether oxygens (including phenoxy) is 1. The van der Waals surface area contributed by atoms with E-state index in [2.05, 4.69) is 5.32 Å². The summed E-state index contributed by atoms with van der Waals surface area (Å²) in [5.74, 6) is 0.900. The van der Waals surface area contributed by atoms with E-state index in [4.69, 9.17) is 4.74 Å². The lowest BCUT2D eigenvalue weighted by molar-refractivity contribution is 0.192. The summed E-state index contributed by atoms with van der Waals surface area (Å²) < 4.78 is 16.7. The van der Waals surface area contributed by atoms with Crippen LogP contribution in [0, 0.1) is 0 Å². The molecule has 1 aromatic rings. The highest BCUT2D eigenvalue weighted by Gasteiger charge is 2.22. The molecular weight excluding hydrogens is 300 g/mol. The highest BCUT2D eigenvalue weighted by molar-refractivity contribution is 7.84. The van der Waals surface area contributed by atoms with Crippen LogP contribution in [0.15, 0.2) is 18.2 Å². The van der Waals surface area contributed by atoms with E-state index in [0.717, 1.165) is 24.2 Å². The quantitative estimate of drug-likeness (QED) is 0.900. The maximum atomic E-state index is 12.2. The maximum absolute atomic E-state index is 12.2. The molecule has 0 aliphatic carbocycles. The normalized spacial score (nSPS) is 16.6. The van der Waals surface area contributed by atoms with Crippen LogP contribution in [0.1, 0.15) is 24.5 Å². The summed E-state index contributed by atoms with van der Waals surface area (Å²) in [4.78, 5) is 14.0. The number of urea groups is 1. The predicted octanol–water partition coefficient (Wildman–Crippen LogP) is 1.92. The second-order valence-corrected chi connectivity index (χ2v) is 7.40. The first-order valence-electron chi connectivity index (χ1n) is 7.52. The largest absolute Gasteiger partial charge is 0.496 e. The van der Waals surface area contributed by atoms with E-state index in [1.54, 1.807) is 13.4 Å². The topological polar surface area (TPSA) is 58.6 Å². The molecule has 2 atom stereocenters. The molecular formula is C16H24N2O3S. The predicted molar refractivity (Wildman–Crippen MR) is 88.7 cm³/mol. The number of hydrogen-bond donors (Lipinski definition) is 1. The SMILES string of the molecule is COc1cccc2c1CCN(C(=O)NCCC(C)S(C)=O)C2. The molecule has 1 aliphatic heterocycles. The number of nitrogens with one attached hydrogen (secondary N) is 1. The zero-order valence-corrected chi connectivity index (χ0v) is 14.2. The van der Waals surface area contributed by atoms with Gasteiger partial charge >= 0.3 is 6.03 Å². The van der Waals surface area contributed by atoms with Crippen molar-refractivity contribution in [3.8, 4) is 5.75 Å². The van der Waals surface area contributed by atoms with Crippen molar-refractivity contribution in [2.75, 3.05) is 26.5 Å². The van der Waals surface area contributed by atoms with Crippen molar-refractivity contribution in [1.29, 1.82) is 0 Å². The number of nitrogens with zero attached hydrogens (tertiary/aromatic N) is 1. The molecule has 0 saturated carbocycles. The van der Waals surface area contributed by atoms with Crippen LogP contribution in [0.4, 0.5) is 4.79 Å². The molecule has 0 radical (unpaired) electrons. The Morgan fingerprint density at radius 3 is 2.95 bits per heavy atom. The lowest BCUT2D eigenvalue weighted by Crippen LogP contribution is -2.43. The van der Waals surface area contributed by atoms with Crippen molar-refractivity contribution in [2.24, 2.45) is 0 Å². The fourth-order valence-electron chi connectivity index (χ4n) is 2.60. The third kappa shape index (κ3) is 4.00. The van der Waals surface area contributed by atoms with Crippen molar-refractivity contribution in [3.05, 3.63) is 29.3 Å². The third-order valence-corrected chi connectivity index (χ3v) is 5.49. The summed E-state index contributed by atoms with van der Waals surface area (Å²) in [6, 6.07) is 5.90. The second kappa shape index (κ2) is 7.63. The number of hydrogen-bond acceptors (Lipinski definition) is 3. The van der Waals surface area contributed by atoms with Crippen LogP contribution < -0.4 is 10.1 Å². The van der Waals surface area contributed by atoms with E-state index in [9.17, 15) is 9.00 Å². The van der Waals surface area contributed by atoms with Gasteiger partial charge in [-0.15, -0.1) is 0 Å². The smallest absolute Gasteiger partial charge is 0.317 e. The molecule has 0 bridgehead atoms. The monoisotopic (exact) mass is 324 g/mol. The minimum atomic E-state index is -0.842. The molecule has 6 heteroatoms. The van der Waals surface area contributed by atoms with E-state index in [1.807, 2.05) is 30.0 Å². The lowest BCUT2D eigenvalue weighted by Gasteiger charge is -2.30. The van der Waals surface area contributed by atoms with Crippen LogP contribution in [-0.2, 0) is 23.8 Å². The molecule has 2 amide bonds. The standard InChI is InChI=1S/C16H24N2O3S/c1-12(22(3)20)7-9-17-16(19)18-10-8-14-13(11-18)5-4-6-15(14)21-2/h4-6,12H,7-11H2,1-3H3,(H,17,19). The van der Waals surface area contributed by atoms with E-state index in [0.29, 0.717) is 19.6 Å². The first-order chi connectivity index (χ1) is 10.5. The summed E-state index contributed by atoms with van der Waals surface area (Å²) in [7, 11) is 0.832. The van der Waals surface area contributed by atoms with Gasteiger partial charge in [0, 0.05) is 47.5 Å². The van der Waals surface area contributed by atoms with Gasteiger partial charge in [-0.1, -0.05) is 19.1 Å². The van der Waals surface area contributed by atoms with Crippen LogP contribution in [0.25, 0.3) is 0 Å². The minimum absolute atomic E-state index is 0.0532. The van der Waals surface area contributed by atoms with Crippen molar-refractivity contribution >= 4 is 16.8 Å². The molecule has 0 fully saturated rings. The van der Waals surface area contributed by atoms with Crippen LogP contribution >= 0.6 is 0 Å². The van der Waals surface area contributed by atoms with Gasteiger partial charge in [0.25, 0.3) is 0 Å². The average Bonchev–Trinajstić information content (AvgIpc) is 2.53. The number of benzene rings is 1. The fraction of sp³-hybridized carbons (Fsp3) is 0.562. The van der Waals surface area contributed by atoms with Gasteiger partial charge in [-0.2, -0.15) is 0 Å². The van der Waals surface area contributed by atoms with Crippen LogP contribution in [-0.4, -0.2) is 46.8 Å². The molecule has 5 nitrogen and oxygen atoms in total. The Hall–Kier alpha value is -1.56. The lowest BCUT2D eigenvalue weighted by atomic mass is 9.99. The minimum Gasteiger partial charge on any atom is -0.496 e. The molecule has 1 aliphatic rings. The van der Waals surface area contributed by atoms with Gasteiger partial charge in [-0.25, -0.2) is 4.79 Å². The number of fused-ring (bicyclic) bond motifs is 1. The number of methoxy groups -OCH3 is 1. The highest BCUT2D eigenvalue weighted by Crippen LogP contribution is 2.27. The van der Waals surface area contributed by atoms with Crippen molar-refractivity contribution in [2.45, 2.75) is 31.6 Å².